The number of hydrogen-bond donors (Lipinski definition) is 2. The second-order valence-electron chi connectivity index (χ2n) is 4.49. The molecular formula is C13H24N2O4S2. The van der Waals surface area contributed by atoms with Gasteiger partial charge in [0.1, 0.15) is 0 Å². The van der Waals surface area contributed by atoms with Gasteiger partial charge in [0.2, 0.25) is 10.0 Å². The number of ether oxygens (including phenoxy) is 2. The van der Waals surface area contributed by atoms with E-state index in [9.17, 15) is 8.42 Å². The lowest BCUT2D eigenvalue weighted by Gasteiger charge is -2.06. The van der Waals surface area contributed by atoms with Crippen molar-refractivity contribution in [2.45, 2.75) is 24.3 Å². The van der Waals surface area contributed by atoms with Crippen molar-refractivity contribution in [3.8, 4) is 0 Å². The maximum atomic E-state index is 12.1. The first-order chi connectivity index (χ1) is 10.1. The molecule has 1 aromatic heterocycles. The number of thiophene rings is 1. The molecule has 2 N–H and O–H groups in total. The maximum absolute atomic E-state index is 12.1. The molecule has 0 aliphatic carbocycles. The van der Waals surface area contributed by atoms with E-state index in [1.54, 1.807) is 18.6 Å². The van der Waals surface area contributed by atoms with Crippen LogP contribution in [0.1, 0.15) is 17.7 Å². The molecule has 0 spiro atoms. The molecule has 0 unspecified atom stereocenters. The molecule has 0 aliphatic rings. The molecule has 6 nitrogen and oxygen atoms in total. The van der Waals surface area contributed by atoms with Gasteiger partial charge in [0.05, 0.1) is 18.1 Å². The second kappa shape index (κ2) is 10.3. The number of rotatable bonds is 12. The molecule has 0 saturated carbocycles. The zero-order chi connectivity index (χ0) is 15.6. The highest BCUT2D eigenvalue weighted by Gasteiger charge is 2.15. The Kier molecular flexibility index (Phi) is 9.05. The van der Waals surface area contributed by atoms with Crippen LogP contribution < -0.4 is 10.0 Å². The lowest BCUT2D eigenvalue weighted by molar-refractivity contribution is 0.0689. The molecule has 21 heavy (non-hydrogen) atoms. The molecule has 0 atom stereocenters. The average molecular weight is 336 g/mol. The van der Waals surface area contributed by atoms with E-state index in [0.717, 1.165) is 17.7 Å². The van der Waals surface area contributed by atoms with Gasteiger partial charge in [-0.1, -0.05) is 0 Å². The average Bonchev–Trinajstić information content (AvgIpc) is 2.92. The summed E-state index contributed by atoms with van der Waals surface area (Å²) in [5.74, 6) is 0. The zero-order valence-corrected chi connectivity index (χ0v) is 14.2. The number of nitrogens with one attached hydrogen (secondary N) is 2. The molecule has 1 aromatic rings. The number of sulfonamides is 1. The molecule has 0 aromatic carbocycles. The normalized spacial score (nSPS) is 11.9. The molecule has 122 valence electrons. The highest BCUT2D eigenvalue weighted by Crippen LogP contribution is 2.18. The first kappa shape index (κ1) is 18.5. The number of unbranched alkanes of at least 4 members (excludes halogenated alkanes) is 1. The fourth-order valence-corrected chi connectivity index (χ4v) is 3.99. The summed E-state index contributed by atoms with van der Waals surface area (Å²) in [7, 11) is 0.0764. The summed E-state index contributed by atoms with van der Waals surface area (Å²) in [6.45, 7) is 2.88. The Labute approximate surface area is 130 Å². The summed E-state index contributed by atoms with van der Waals surface area (Å²) in [6, 6.07) is 1.71. The third-order valence-corrected chi connectivity index (χ3v) is 5.26. The molecule has 0 aliphatic heterocycles. The van der Waals surface area contributed by atoms with Crippen molar-refractivity contribution in [3.63, 3.8) is 0 Å². The summed E-state index contributed by atoms with van der Waals surface area (Å²) < 4.78 is 36.9. The molecule has 8 heteroatoms. The van der Waals surface area contributed by atoms with E-state index in [1.807, 2.05) is 7.05 Å². The van der Waals surface area contributed by atoms with Crippen molar-refractivity contribution in [3.05, 3.63) is 16.3 Å². The van der Waals surface area contributed by atoms with Crippen molar-refractivity contribution >= 4 is 21.4 Å². The van der Waals surface area contributed by atoms with Crippen LogP contribution in [0.15, 0.2) is 16.3 Å². The third-order valence-electron chi connectivity index (χ3n) is 2.73. The maximum Gasteiger partial charge on any atom is 0.241 e. The molecule has 1 heterocycles. The highest BCUT2D eigenvalue weighted by molar-refractivity contribution is 7.89. The van der Waals surface area contributed by atoms with Crippen molar-refractivity contribution < 1.29 is 17.9 Å². The van der Waals surface area contributed by atoms with E-state index >= 15 is 0 Å². The topological polar surface area (TPSA) is 76.7 Å². The van der Waals surface area contributed by atoms with Gasteiger partial charge >= 0.3 is 0 Å². The molecule has 0 saturated heterocycles. The second-order valence-corrected chi connectivity index (χ2v) is 7.25. The van der Waals surface area contributed by atoms with Crippen molar-refractivity contribution in [2.24, 2.45) is 0 Å². The molecular weight excluding hydrogens is 312 g/mol. The molecule has 0 fully saturated rings. The largest absolute Gasteiger partial charge is 0.382 e. The fraction of sp³-hybridized carbons (Fsp3) is 0.692. The number of methoxy groups -OCH3 is 1. The van der Waals surface area contributed by atoms with Gasteiger partial charge in [-0.25, -0.2) is 13.1 Å². The minimum Gasteiger partial charge on any atom is -0.382 e. The molecule has 0 bridgehead atoms. The predicted octanol–water partition coefficient (Wildman–Crippen LogP) is 1.19. The van der Waals surface area contributed by atoms with Crippen molar-refractivity contribution in [1.29, 1.82) is 0 Å². The Morgan fingerprint density at radius 2 is 2.05 bits per heavy atom. The van der Waals surface area contributed by atoms with Gasteiger partial charge in [-0.15, -0.1) is 11.3 Å². The van der Waals surface area contributed by atoms with E-state index < -0.39 is 10.0 Å². The minimum atomic E-state index is -3.39. The minimum absolute atomic E-state index is 0.342. The van der Waals surface area contributed by atoms with Crippen molar-refractivity contribution in [1.82, 2.24) is 10.0 Å². The summed E-state index contributed by atoms with van der Waals surface area (Å²) >= 11 is 1.44. The van der Waals surface area contributed by atoms with Crippen LogP contribution in [-0.4, -0.2) is 48.9 Å². The van der Waals surface area contributed by atoms with Crippen LogP contribution in [0.5, 0.6) is 0 Å². The fourth-order valence-electron chi connectivity index (χ4n) is 1.63. The third kappa shape index (κ3) is 7.35. The van der Waals surface area contributed by atoms with Gasteiger partial charge in [-0.05, 0) is 26.0 Å². The first-order valence-corrected chi connectivity index (χ1v) is 9.25. The quantitative estimate of drug-likeness (QED) is 0.561. The Morgan fingerprint density at radius 1 is 1.24 bits per heavy atom. The summed E-state index contributed by atoms with van der Waals surface area (Å²) in [6.07, 6.45) is 1.57. The van der Waals surface area contributed by atoms with Gasteiger partial charge in [-0.2, -0.15) is 0 Å². The Hall–Kier alpha value is -0.510. The highest BCUT2D eigenvalue weighted by atomic mass is 32.2. The Morgan fingerprint density at radius 3 is 2.76 bits per heavy atom. The smallest absolute Gasteiger partial charge is 0.241 e. The summed E-state index contributed by atoms with van der Waals surface area (Å²) in [5, 5.41) is 4.67. The monoisotopic (exact) mass is 336 g/mol. The van der Waals surface area contributed by atoms with E-state index in [4.69, 9.17) is 9.47 Å². The molecule has 0 amide bonds. The van der Waals surface area contributed by atoms with E-state index in [-0.39, 0.29) is 0 Å². The van der Waals surface area contributed by atoms with E-state index in [0.29, 0.717) is 37.8 Å². The summed E-state index contributed by atoms with van der Waals surface area (Å²) in [5.41, 5.74) is 0. The molecule has 0 radical (unpaired) electrons. The lowest BCUT2D eigenvalue weighted by atomic mass is 10.3. The van der Waals surface area contributed by atoms with Gasteiger partial charge in [0, 0.05) is 37.1 Å². The van der Waals surface area contributed by atoms with Crippen LogP contribution >= 0.6 is 11.3 Å². The van der Waals surface area contributed by atoms with Gasteiger partial charge in [0.25, 0.3) is 0 Å². The Balaban J connectivity index is 2.23. The van der Waals surface area contributed by atoms with Crippen LogP contribution in [0.25, 0.3) is 0 Å². The van der Waals surface area contributed by atoms with Crippen LogP contribution in [-0.2, 0) is 26.0 Å². The van der Waals surface area contributed by atoms with Gasteiger partial charge < -0.3 is 14.8 Å². The van der Waals surface area contributed by atoms with Crippen LogP contribution in [0.4, 0.5) is 0 Å². The lowest BCUT2D eigenvalue weighted by Crippen LogP contribution is -2.24. The molecule has 1 rings (SSSR count). The van der Waals surface area contributed by atoms with E-state index in [2.05, 4.69) is 10.0 Å². The van der Waals surface area contributed by atoms with Crippen LogP contribution in [0.3, 0.4) is 0 Å². The van der Waals surface area contributed by atoms with Crippen LogP contribution in [0.2, 0.25) is 0 Å². The summed E-state index contributed by atoms with van der Waals surface area (Å²) in [4.78, 5) is 1.35. The van der Waals surface area contributed by atoms with Gasteiger partial charge in [-0.3, -0.25) is 0 Å². The zero-order valence-electron chi connectivity index (χ0n) is 12.6. The predicted molar refractivity (Wildman–Crippen MR) is 84.2 cm³/mol. The first-order valence-electron chi connectivity index (χ1n) is 6.88. The standard InChI is InChI=1S/C13H24N2O4S2/c1-14-10-12-9-13(11-20-12)21(16,17)15-5-3-4-6-19-8-7-18-2/h9,11,14-15H,3-8,10H2,1-2H3. The van der Waals surface area contributed by atoms with Crippen molar-refractivity contribution in [2.75, 3.05) is 40.5 Å². The van der Waals surface area contributed by atoms with E-state index in [1.165, 1.54) is 11.3 Å². The number of hydrogen-bond acceptors (Lipinski definition) is 6. The van der Waals surface area contributed by atoms with Gasteiger partial charge in [0.15, 0.2) is 0 Å². The SMILES string of the molecule is CNCc1cc(S(=O)(=O)NCCCCOCCOC)cs1. The Bertz CT molecular complexity index is 488. The van der Waals surface area contributed by atoms with Crippen LogP contribution in [0, 0.1) is 0 Å².